The van der Waals surface area contributed by atoms with Gasteiger partial charge in [0, 0.05) is 18.6 Å². The highest BCUT2D eigenvalue weighted by Gasteiger charge is 2.36. The Morgan fingerprint density at radius 2 is 2.00 bits per heavy atom. The molecular formula is C17H34N2O. The molecule has 1 aliphatic heterocycles. The van der Waals surface area contributed by atoms with Crippen molar-refractivity contribution in [3.05, 3.63) is 0 Å². The predicted molar refractivity (Wildman–Crippen MR) is 84.8 cm³/mol. The van der Waals surface area contributed by atoms with Gasteiger partial charge in [-0.3, -0.25) is 4.90 Å². The van der Waals surface area contributed by atoms with Crippen molar-refractivity contribution in [2.45, 2.75) is 65.0 Å². The number of nitrogens with zero attached hydrogens (tertiary/aromatic N) is 1. The molecule has 5 unspecified atom stereocenters. The lowest BCUT2D eigenvalue weighted by Crippen LogP contribution is -2.47. The first-order valence-corrected chi connectivity index (χ1v) is 8.77. The van der Waals surface area contributed by atoms with Crippen LogP contribution in [-0.2, 0) is 0 Å². The first-order chi connectivity index (χ1) is 9.69. The van der Waals surface area contributed by atoms with Gasteiger partial charge in [-0.05, 0) is 56.5 Å². The Balaban J connectivity index is 1.95. The van der Waals surface area contributed by atoms with Crippen molar-refractivity contribution in [3.8, 4) is 0 Å². The van der Waals surface area contributed by atoms with Gasteiger partial charge >= 0.3 is 0 Å². The molecule has 3 heteroatoms. The normalized spacial score (nSPS) is 39.3. The molecule has 0 aromatic carbocycles. The Hall–Kier alpha value is -0.120. The molecule has 2 fully saturated rings. The van der Waals surface area contributed by atoms with E-state index in [2.05, 4.69) is 31.0 Å². The van der Waals surface area contributed by atoms with E-state index < -0.39 is 0 Å². The standard InChI is InChI=1S/C17H34N2O/c1-4-14-6-7-16(18-5-2)15(10-14)11-19-9-8-13(3)17(19)12-20/h13-18,20H,4-12H2,1-3H3. The highest BCUT2D eigenvalue weighted by Crippen LogP contribution is 2.34. The van der Waals surface area contributed by atoms with Crippen LogP contribution < -0.4 is 5.32 Å². The predicted octanol–water partition coefficient (Wildman–Crippen LogP) is 2.49. The van der Waals surface area contributed by atoms with E-state index in [4.69, 9.17) is 0 Å². The van der Waals surface area contributed by atoms with E-state index in [1.54, 1.807) is 0 Å². The third-order valence-electron chi connectivity index (χ3n) is 5.79. The third kappa shape index (κ3) is 3.75. The molecule has 118 valence electrons. The smallest absolute Gasteiger partial charge is 0.0589 e. The van der Waals surface area contributed by atoms with Crippen LogP contribution in [0.2, 0.25) is 0 Å². The number of nitrogens with one attached hydrogen (secondary N) is 1. The molecule has 2 aliphatic rings. The molecule has 0 aromatic rings. The Labute approximate surface area is 125 Å². The molecule has 2 rings (SSSR count). The summed E-state index contributed by atoms with van der Waals surface area (Å²) in [6.07, 6.45) is 6.68. The number of aliphatic hydroxyl groups is 1. The first-order valence-electron chi connectivity index (χ1n) is 8.77. The number of rotatable bonds is 6. The maximum absolute atomic E-state index is 9.65. The minimum absolute atomic E-state index is 0.330. The molecule has 20 heavy (non-hydrogen) atoms. The van der Waals surface area contributed by atoms with Crippen molar-refractivity contribution >= 4 is 0 Å². The van der Waals surface area contributed by atoms with Crippen LogP contribution in [0.5, 0.6) is 0 Å². The molecule has 0 bridgehead atoms. The largest absolute Gasteiger partial charge is 0.395 e. The summed E-state index contributed by atoms with van der Waals surface area (Å²) in [6, 6.07) is 1.09. The van der Waals surface area contributed by atoms with Crippen LogP contribution in [0.3, 0.4) is 0 Å². The summed E-state index contributed by atoms with van der Waals surface area (Å²) < 4.78 is 0. The number of hydrogen-bond acceptors (Lipinski definition) is 3. The fourth-order valence-corrected chi connectivity index (χ4v) is 4.38. The average molecular weight is 282 g/mol. The minimum Gasteiger partial charge on any atom is -0.395 e. The van der Waals surface area contributed by atoms with E-state index in [-0.39, 0.29) is 0 Å². The van der Waals surface area contributed by atoms with E-state index in [0.29, 0.717) is 24.6 Å². The summed E-state index contributed by atoms with van der Waals surface area (Å²) in [4.78, 5) is 2.57. The topological polar surface area (TPSA) is 35.5 Å². The van der Waals surface area contributed by atoms with E-state index in [1.165, 1.54) is 45.2 Å². The van der Waals surface area contributed by atoms with Crippen LogP contribution in [0, 0.1) is 17.8 Å². The lowest BCUT2D eigenvalue weighted by Gasteiger charge is -2.39. The SMILES string of the molecule is CCNC1CCC(CC)CC1CN1CCC(C)C1CO. The number of likely N-dealkylation sites (tertiary alicyclic amines) is 1. The molecule has 2 N–H and O–H groups in total. The van der Waals surface area contributed by atoms with Gasteiger partial charge in [0.05, 0.1) is 6.61 Å². The fourth-order valence-electron chi connectivity index (χ4n) is 4.38. The zero-order valence-corrected chi connectivity index (χ0v) is 13.6. The van der Waals surface area contributed by atoms with Gasteiger partial charge in [0.2, 0.25) is 0 Å². The van der Waals surface area contributed by atoms with Gasteiger partial charge in [0.1, 0.15) is 0 Å². The maximum Gasteiger partial charge on any atom is 0.0589 e. The Morgan fingerprint density at radius 1 is 1.20 bits per heavy atom. The molecule has 0 aromatic heterocycles. The molecule has 0 spiro atoms. The van der Waals surface area contributed by atoms with E-state index in [1.807, 2.05) is 0 Å². The molecule has 1 heterocycles. The Morgan fingerprint density at radius 3 is 2.65 bits per heavy atom. The van der Waals surface area contributed by atoms with Crippen LogP contribution >= 0.6 is 0 Å². The van der Waals surface area contributed by atoms with Crippen molar-refractivity contribution in [1.82, 2.24) is 10.2 Å². The molecule has 0 radical (unpaired) electrons. The summed E-state index contributed by atoms with van der Waals surface area (Å²) in [7, 11) is 0. The van der Waals surface area contributed by atoms with Crippen molar-refractivity contribution in [1.29, 1.82) is 0 Å². The van der Waals surface area contributed by atoms with Crippen LogP contribution in [0.4, 0.5) is 0 Å². The van der Waals surface area contributed by atoms with Crippen LogP contribution in [0.25, 0.3) is 0 Å². The maximum atomic E-state index is 9.65. The molecular weight excluding hydrogens is 248 g/mol. The number of hydrogen-bond donors (Lipinski definition) is 2. The lowest BCUT2D eigenvalue weighted by molar-refractivity contribution is 0.0931. The monoisotopic (exact) mass is 282 g/mol. The van der Waals surface area contributed by atoms with Crippen molar-refractivity contribution in [2.75, 3.05) is 26.2 Å². The summed E-state index contributed by atoms with van der Waals surface area (Å²) in [6.45, 7) is 10.6. The molecule has 3 nitrogen and oxygen atoms in total. The second-order valence-electron chi connectivity index (χ2n) is 7.02. The third-order valence-corrected chi connectivity index (χ3v) is 5.79. The molecule has 5 atom stereocenters. The zero-order chi connectivity index (χ0) is 14.5. The summed E-state index contributed by atoms with van der Waals surface area (Å²) in [5.74, 6) is 2.35. The first kappa shape index (κ1) is 16.3. The van der Waals surface area contributed by atoms with Gasteiger partial charge in [0.25, 0.3) is 0 Å². The average Bonchev–Trinajstić information content (AvgIpc) is 2.81. The Kier molecular flexibility index (Phi) is 6.31. The van der Waals surface area contributed by atoms with Crippen LogP contribution in [-0.4, -0.2) is 48.3 Å². The second-order valence-corrected chi connectivity index (χ2v) is 7.02. The number of aliphatic hydroxyl groups excluding tert-OH is 1. The van der Waals surface area contributed by atoms with Gasteiger partial charge in [-0.25, -0.2) is 0 Å². The van der Waals surface area contributed by atoms with Crippen LogP contribution in [0.15, 0.2) is 0 Å². The van der Waals surface area contributed by atoms with E-state index in [0.717, 1.165) is 18.4 Å². The van der Waals surface area contributed by atoms with Gasteiger partial charge in [-0.1, -0.05) is 27.2 Å². The zero-order valence-electron chi connectivity index (χ0n) is 13.6. The van der Waals surface area contributed by atoms with Crippen molar-refractivity contribution in [3.63, 3.8) is 0 Å². The van der Waals surface area contributed by atoms with E-state index >= 15 is 0 Å². The van der Waals surface area contributed by atoms with E-state index in [9.17, 15) is 5.11 Å². The summed E-state index contributed by atoms with van der Waals surface area (Å²) in [5.41, 5.74) is 0. The quantitative estimate of drug-likeness (QED) is 0.786. The van der Waals surface area contributed by atoms with Gasteiger partial charge < -0.3 is 10.4 Å². The second kappa shape index (κ2) is 7.77. The molecule has 1 aliphatic carbocycles. The molecule has 1 saturated carbocycles. The summed E-state index contributed by atoms with van der Waals surface area (Å²) >= 11 is 0. The fraction of sp³-hybridized carbons (Fsp3) is 1.00. The molecule has 1 saturated heterocycles. The van der Waals surface area contributed by atoms with Gasteiger partial charge in [-0.2, -0.15) is 0 Å². The minimum atomic E-state index is 0.330. The Bertz CT molecular complexity index is 284. The van der Waals surface area contributed by atoms with Crippen LogP contribution in [0.1, 0.15) is 52.9 Å². The molecule has 0 amide bonds. The lowest BCUT2D eigenvalue weighted by atomic mass is 9.76. The van der Waals surface area contributed by atoms with Crippen molar-refractivity contribution in [2.24, 2.45) is 17.8 Å². The summed E-state index contributed by atoms with van der Waals surface area (Å²) in [5, 5.41) is 13.4. The highest BCUT2D eigenvalue weighted by molar-refractivity contribution is 4.91. The van der Waals surface area contributed by atoms with Gasteiger partial charge in [0.15, 0.2) is 0 Å². The van der Waals surface area contributed by atoms with Crippen molar-refractivity contribution < 1.29 is 5.11 Å². The van der Waals surface area contributed by atoms with Gasteiger partial charge in [-0.15, -0.1) is 0 Å². The highest BCUT2D eigenvalue weighted by atomic mass is 16.3.